The molecule has 0 fully saturated rings. The van der Waals surface area contributed by atoms with Crippen LogP contribution >= 0.6 is 39.1 Å². The van der Waals surface area contributed by atoms with Crippen LogP contribution < -0.4 is 5.32 Å². The molecule has 2 aromatic rings. The van der Waals surface area contributed by atoms with Gasteiger partial charge in [-0.05, 0) is 35.4 Å². The van der Waals surface area contributed by atoms with E-state index in [2.05, 4.69) is 21.2 Å². The van der Waals surface area contributed by atoms with Crippen LogP contribution in [-0.4, -0.2) is 5.91 Å². The van der Waals surface area contributed by atoms with Crippen LogP contribution in [0, 0.1) is 5.82 Å². The van der Waals surface area contributed by atoms with E-state index < -0.39 is 5.82 Å². The van der Waals surface area contributed by atoms with Crippen LogP contribution in [0.2, 0.25) is 5.02 Å². The summed E-state index contributed by atoms with van der Waals surface area (Å²) in [5.41, 5.74) is 2.17. The van der Waals surface area contributed by atoms with Crippen LogP contribution in [-0.2, 0) is 17.1 Å². The summed E-state index contributed by atoms with van der Waals surface area (Å²) < 4.78 is 13.8. The zero-order valence-corrected chi connectivity index (χ0v) is 13.9. The third kappa shape index (κ3) is 4.43. The lowest BCUT2D eigenvalue weighted by molar-refractivity contribution is -0.115. The zero-order valence-electron chi connectivity index (χ0n) is 10.8. The third-order valence-corrected chi connectivity index (χ3v) is 4.22. The number of nitrogens with one attached hydrogen (secondary N) is 1. The highest BCUT2D eigenvalue weighted by molar-refractivity contribution is 9.10. The van der Waals surface area contributed by atoms with E-state index in [-0.39, 0.29) is 17.4 Å². The highest BCUT2D eigenvalue weighted by Crippen LogP contribution is 2.23. The molecule has 0 aliphatic carbocycles. The fourth-order valence-electron chi connectivity index (χ4n) is 1.78. The monoisotopic (exact) mass is 389 g/mol. The fourth-order valence-corrected chi connectivity index (χ4v) is 2.92. The Bertz CT molecular complexity index is 679. The molecule has 21 heavy (non-hydrogen) atoms. The molecule has 0 spiro atoms. The molecule has 1 N–H and O–H groups in total. The lowest BCUT2D eigenvalue weighted by atomic mass is 10.1. The lowest BCUT2D eigenvalue weighted by Gasteiger charge is -2.08. The fraction of sp³-hybridized carbons (Fsp3) is 0.133. The average molecular weight is 391 g/mol. The minimum absolute atomic E-state index is 0.0774. The minimum atomic E-state index is -0.426. The van der Waals surface area contributed by atoms with E-state index >= 15 is 0 Å². The van der Waals surface area contributed by atoms with Crippen molar-refractivity contribution in [3.63, 3.8) is 0 Å². The highest BCUT2D eigenvalue weighted by atomic mass is 79.9. The quantitative estimate of drug-likeness (QED) is 0.717. The Morgan fingerprint density at radius 2 is 1.90 bits per heavy atom. The summed E-state index contributed by atoms with van der Waals surface area (Å²) in [4.78, 5) is 12.0. The van der Waals surface area contributed by atoms with Crippen LogP contribution in [0.25, 0.3) is 0 Å². The number of carbonyl (C=O) groups is 1. The molecule has 0 saturated heterocycles. The largest absolute Gasteiger partial charge is 0.326 e. The van der Waals surface area contributed by atoms with Crippen molar-refractivity contribution in [3.05, 3.63) is 62.8 Å². The molecular weight excluding hydrogens is 380 g/mol. The van der Waals surface area contributed by atoms with Crippen LogP contribution in [0.4, 0.5) is 10.1 Å². The molecule has 0 radical (unpaired) electrons. The minimum Gasteiger partial charge on any atom is -0.326 e. The van der Waals surface area contributed by atoms with Crippen LogP contribution in [0.15, 0.2) is 40.9 Å². The van der Waals surface area contributed by atoms with Gasteiger partial charge in [-0.2, -0.15) is 0 Å². The molecule has 6 heteroatoms. The first-order chi connectivity index (χ1) is 9.99. The van der Waals surface area contributed by atoms with Gasteiger partial charge in [-0.3, -0.25) is 4.79 Å². The second kappa shape index (κ2) is 7.25. The molecule has 0 bridgehead atoms. The Hall–Kier alpha value is -1.10. The maximum Gasteiger partial charge on any atom is 0.228 e. The summed E-state index contributed by atoms with van der Waals surface area (Å²) in [5.74, 6) is -0.265. The molecule has 0 saturated carbocycles. The van der Waals surface area contributed by atoms with Gasteiger partial charge < -0.3 is 5.32 Å². The Balaban J connectivity index is 2.06. The van der Waals surface area contributed by atoms with Gasteiger partial charge in [0.25, 0.3) is 0 Å². The van der Waals surface area contributed by atoms with E-state index in [1.54, 1.807) is 12.1 Å². The molecule has 2 rings (SSSR count). The molecule has 0 aliphatic rings. The first kappa shape index (κ1) is 16.3. The zero-order chi connectivity index (χ0) is 15.4. The van der Waals surface area contributed by atoms with E-state index in [9.17, 15) is 9.18 Å². The van der Waals surface area contributed by atoms with Crippen molar-refractivity contribution in [3.8, 4) is 0 Å². The summed E-state index contributed by atoms with van der Waals surface area (Å²) in [5, 5.41) is 3.00. The Kier molecular flexibility index (Phi) is 5.62. The SMILES string of the molecule is O=C(Cc1ccc(F)cc1Cl)Nc1ccc(CCl)c(Br)c1. The van der Waals surface area contributed by atoms with Crippen LogP contribution in [0.5, 0.6) is 0 Å². The van der Waals surface area contributed by atoms with Gasteiger partial charge in [0, 0.05) is 21.1 Å². The van der Waals surface area contributed by atoms with Gasteiger partial charge in [-0.15, -0.1) is 11.6 Å². The van der Waals surface area contributed by atoms with E-state index in [1.165, 1.54) is 18.2 Å². The van der Waals surface area contributed by atoms with Crippen LogP contribution in [0.1, 0.15) is 11.1 Å². The molecule has 0 unspecified atom stereocenters. The van der Waals surface area contributed by atoms with Gasteiger partial charge in [0.1, 0.15) is 5.82 Å². The predicted octanol–water partition coefficient (Wildman–Crippen LogP) is 5.16. The topological polar surface area (TPSA) is 29.1 Å². The number of anilines is 1. The Morgan fingerprint density at radius 1 is 1.19 bits per heavy atom. The highest BCUT2D eigenvalue weighted by Gasteiger charge is 2.09. The molecule has 2 aromatic carbocycles. The summed E-state index contributed by atoms with van der Waals surface area (Å²) in [6, 6.07) is 9.35. The van der Waals surface area contributed by atoms with Crippen LogP contribution in [0.3, 0.4) is 0 Å². The van der Waals surface area contributed by atoms with E-state index in [0.29, 0.717) is 17.1 Å². The van der Waals surface area contributed by atoms with Crippen molar-refractivity contribution in [2.45, 2.75) is 12.3 Å². The summed E-state index contributed by atoms with van der Waals surface area (Å²) >= 11 is 15.0. The molecule has 0 aliphatic heterocycles. The lowest BCUT2D eigenvalue weighted by Crippen LogP contribution is -2.14. The van der Waals surface area contributed by atoms with Gasteiger partial charge in [0.05, 0.1) is 6.42 Å². The maximum absolute atomic E-state index is 12.9. The van der Waals surface area contributed by atoms with Gasteiger partial charge in [0.2, 0.25) is 5.91 Å². The van der Waals surface area contributed by atoms with Crippen molar-refractivity contribution in [2.24, 2.45) is 0 Å². The number of alkyl halides is 1. The number of halogens is 4. The van der Waals surface area contributed by atoms with Crippen molar-refractivity contribution in [1.82, 2.24) is 0 Å². The number of hydrogen-bond acceptors (Lipinski definition) is 1. The van der Waals surface area contributed by atoms with E-state index in [0.717, 1.165) is 10.0 Å². The molecule has 2 nitrogen and oxygen atoms in total. The molecule has 110 valence electrons. The van der Waals surface area contributed by atoms with E-state index in [1.807, 2.05) is 6.07 Å². The normalized spacial score (nSPS) is 10.5. The van der Waals surface area contributed by atoms with Gasteiger partial charge in [0.15, 0.2) is 0 Å². The Labute approximate surface area is 140 Å². The van der Waals surface area contributed by atoms with Gasteiger partial charge in [-0.1, -0.05) is 39.7 Å². The number of amides is 1. The summed E-state index contributed by atoms with van der Waals surface area (Å²) in [6.45, 7) is 0. The summed E-state index contributed by atoms with van der Waals surface area (Å²) in [7, 11) is 0. The second-order valence-corrected chi connectivity index (χ2v) is 5.93. The number of hydrogen-bond donors (Lipinski definition) is 1. The molecule has 1 amide bonds. The van der Waals surface area contributed by atoms with Gasteiger partial charge >= 0.3 is 0 Å². The number of carbonyl (C=O) groups excluding carboxylic acids is 1. The molecule has 0 heterocycles. The van der Waals surface area contributed by atoms with Gasteiger partial charge in [-0.25, -0.2) is 4.39 Å². The first-order valence-electron chi connectivity index (χ1n) is 6.08. The number of rotatable bonds is 4. The Morgan fingerprint density at radius 3 is 2.52 bits per heavy atom. The van der Waals surface area contributed by atoms with Crippen molar-refractivity contribution >= 4 is 50.7 Å². The smallest absolute Gasteiger partial charge is 0.228 e. The summed E-state index contributed by atoms with van der Waals surface area (Å²) in [6.07, 6.45) is 0.0774. The second-order valence-electron chi connectivity index (χ2n) is 4.40. The molecule has 0 atom stereocenters. The van der Waals surface area contributed by atoms with Crippen molar-refractivity contribution < 1.29 is 9.18 Å². The van der Waals surface area contributed by atoms with Crippen molar-refractivity contribution in [1.29, 1.82) is 0 Å². The third-order valence-electron chi connectivity index (χ3n) is 2.85. The first-order valence-corrected chi connectivity index (χ1v) is 7.78. The average Bonchev–Trinajstić information content (AvgIpc) is 2.42. The standard InChI is InChI=1S/C15H11BrCl2FNO/c16-13-7-12(4-2-10(13)8-17)20-15(21)5-9-1-3-11(19)6-14(9)18/h1-4,6-7H,5,8H2,(H,20,21). The van der Waals surface area contributed by atoms with E-state index in [4.69, 9.17) is 23.2 Å². The molecular formula is C15H11BrCl2FNO. The predicted molar refractivity (Wildman–Crippen MR) is 87.4 cm³/mol. The number of benzene rings is 2. The molecule has 0 aromatic heterocycles. The maximum atomic E-state index is 12.9. The van der Waals surface area contributed by atoms with Crippen molar-refractivity contribution in [2.75, 3.05) is 5.32 Å².